The molecule has 4 aliphatic carbocycles. The minimum Gasteiger partial charge on any atom is -0.497 e. The molecule has 60 heavy (non-hydrogen) atoms. The summed E-state index contributed by atoms with van der Waals surface area (Å²) < 4.78 is 74.5. The van der Waals surface area contributed by atoms with E-state index in [1.807, 2.05) is 10.8 Å². The first kappa shape index (κ1) is 42.3. The number of ether oxygens (including phenoxy) is 3. The van der Waals surface area contributed by atoms with E-state index in [1.54, 1.807) is 46.9 Å². The van der Waals surface area contributed by atoms with Gasteiger partial charge < -0.3 is 29.7 Å². The van der Waals surface area contributed by atoms with Crippen molar-refractivity contribution < 1.29 is 50.6 Å². The molecule has 10 atom stereocenters. The van der Waals surface area contributed by atoms with E-state index in [9.17, 15) is 36.4 Å². The molecule has 4 saturated carbocycles. The van der Waals surface area contributed by atoms with Gasteiger partial charge in [-0.15, -0.1) is 0 Å². The van der Waals surface area contributed by atoms with Gasteiger partial charge >= 0.3 is 6.09 Å². The first-order valence-electron chi connectivity index (χ1n) is 21.4. The number of carbonyl (C=O) groups is 4. The molecule has 5 fully saturated rings. The van der Waals surface area contributed by atoms with Crippen LogP contribution in [0, 0.1) is 35.0 Å². The lowest BCUT2D eigenvalue weighted by atomic mass is 9.85. The number of amides is 4. The van der Waals surface area contributed by atoms with Gasteiger partial charge in [-0.2, -0.15) is 0 Å². The Kier molecular flexibility index (Phi) is 11.2. The Balaban J connectivity index is 1.17. The van der Waals surface area contributed by atoms with Crippen LogP contribution in [-0.4, -0.2) is 102 Å². The van der Waals surface area contributed by atoms with Gasteiger partial charge in [-0.3, -0.25) is 19.1 Å². The number of alkyl carbamates (subject to hydrolysis) is 1. The fourth-order valence-electron chi connectivity index (χ4n) is 9.97. The lowest BCUT2D eigenvalue weighted by Crippen LogP contribution is -2.61. The second-order valence-corrected chi connectivity index (χ2v) is 20.8. The highest BCUT2D eigenvalue weighted by atomic mass is 32.2. The first-order valence-corrected chi connectivity index (χ1v) is 22.9. The van der Waals surface area contributed by atoms with Gasteiger partial charge in [-0.1, -0.05) is 40.5 Å². The molecule has 1 aromatic carbocycles. The van der Waals surface area contributed by atoms with Gasteiger partial charge in [-0.05, 0) is 93.1 Å². The van der Waals surface area contributed by atoms with Gasteiger partial charge in [0.25, 0.3) is 5.91 Å². The van der Waals surface area contributed by atoms with Crippen molar-refractivity contribution in [2.24, 2.45) is 35.0 Å². The van der Waals surface area contributed by atoms with E-state index in [1.165, 1.54) is 4.90 Å². The molecule has 2 bridgehead atoms. The van der Waals surface area contributed by atoms with Crippen molar-refractivity contribution in [2.75, 3.05) is 13.7 Å². The summed E-state index contributed by atoms with van der Waals surface area (Å²) in [6.07, 6.45) is 1.35. The van der Waals surface area contributed by atoms with Gasteiger partial charge in [0.2, 0.25) is 34.1 Å². The summed E-state index contributed by atoms with van der Waals surface area (Å²) >= 11 is 0. The van der Waals surface area contributed by atoms with E-state index in [2.05, 4.69) is 10.6 Å². The number of nitrogens with zero attached hydrogens (tertiary/aromatic N) is 3. The second-order valence-electron chi connectivity index (χ2n) is 18.8. The van der Waals surface area contributed by atoms with Crippen LogP contribution in [-0.2, 0) is 35.6 Å². The Hall–Kier alpha value is -4.35. The molecule has 2 aliphatic heterocycles. The SMILES string of the molecule is CCC1C2CN(C(=O)C(C(C)(C)C)NC(=O)OC3CC4CC4C3CCCCCc3nc4ccc(OC)cc4nc3O2)C1C(=O)NC1(C(=O)NS(=O)(=O)C2CC2)CC1C(F)F. The maximum absolute atomic E-state index is 15.0. The third-order valence-electron chi connectivity index (χ3n) is 13.7. The van der Waals surface area contributed by atoms with Crippen molar-refractivity contribution >= 4 is 44.9 Å². The monoisotopic (exact) mass is 858 g/mol. The summed E-state index contributed by atoms with van der Waals surface area (Å²) in [6.45, 7) is 6.94. The highest BCUT2D eigenvalue weighted by molar-refractivity contribution is 7.91. The van der Waals surface area contributed by atoms with Crippen LogP contribution in [0.15, 0.2) is 18.2 Å². The Bertz CT molecular complexity index is 2150. The van der Waals surface area contributed by atoms with Crippen LogP contribution in [0.2, 0.25) is 0 Å². The number of aryl methyl sites for hydroxylation is 1. The van der Waals surface area contributed by atoms with Crippen molar-refractivity contribution in [3.05, 3.63) is 23.9 Å². The van der Waals surface area contributed by atoms with Crippen LogP contribution in [0.25, 0.3) is 11.0 Å². The number of alkyl halides is 2. The fourth-order valence-corrected chi connectivity index (χ4v) is 11.3. The number of hydrogen-bond donors (Lipinski definition) is 3. The van der Waals surface area contributed by atoms with Gasteiger partial charge in [0, 0.05) is 12.0 Å². The quantitative estimate of drug-likeness (QED) is 0.335. The minimum absolute atomic E-state index is 0.169. The van der Waals surface area contributed by atoms with Crippen molar-refractivity contribution in [2.45, 2.75) is 140 Å². The highest BCUT2D eigenvalue weighted by Gasteiger charge is 2.67. The number of methoxy groups -OCH3 is 1. The van der Waals surface area contributed by atoms with Gasteiger partial charge in [0.15, 0.2) is 0 Å². The maximum atomic E-state index is 15.0. The van der Waals surface area contributed by atoms with Crippen molar-refractivity contribution in [1.29, 1.82) is 0 Å². The molecule has 4 amide bonds. The average molecular weight is 859 g/mol. The summed E-state index contributed by atoms with van der Waals surface area (Å²) in [5, 5.41) is 4.53. The summed E-state index contributed by atoms with van der Waals surface area (Å²) in [5.74, 6) is -3.24. The summed E-state index contributed by atoms with van der Waals surface area (Å²) in [5.41, 5.74) is -1.39. The van der Waals surface area contributed by atoms with Crippen LogP contribution in [0.1, 0.15) is 97.6 Å². The summed E-state index contributed by atoms with van der Waals surface area (Å²) in [7, 11) is -2.61. The van der Waals surface area contributed by atoms with Gasteiger partial charge in [-0.25, -0.2) is 32.0 Å². The van der Waals surface area contributed by atoms with E-state index in [-0.39, 0.29) is 30.9 Å². The number of halogens is 2. The lowest BCUT2D eigenvalue weighted by molar-refractivity contribution is -0.144. The summed E-state index contributed by atoms with van der Waals surface area (Å²) in [4.78, 5) is 68.2. The van der Waals surface area contributed by atoms with Gasteiger partial charge in [0.05, 0.1) is 35.9 Å². The fraction of sp³-hybridized carbons (Fsp3) is 0.714. The third kappa shape index (κ3) is 8.20. The van der Waals surface area contributed by atoms with Crippen LogP contribution in [0.5, 0.6) is 11.6 Å². The molecule has 3 heterocycles. The van der Waals surface area contributed by atoms with E-state index < -0.39 is 92.9 Å². The second kappa shape index (κ2) is 15.8. The molecule has 18 heteroatoms. The van der Waals surface area contributed by atoms with Crippen molar-refractivity contribution in [3.8, 4) is 11.6 Å². The predicted octanol–water partition coefficient (Wildman–Crippen LogP) is 4.65. The number of fused-ring (bicyclic) bond motifs is 7. The van der Waals surface area contributed by atoms with Crippen LogP contribution >= 0.6 is 0 Å². The number of carbonyl (C=O) groups excluding carboxylic acids is 4. The van der Waals surface area contributed by atoms with Crippen LogP contribution in [0.4, 0.5) is 13.6 Å². The lowest BCUT2D eigenvalue weighted by Gasteiger charge is -2.36. The van der Waals surface area contributed by atoms with E-state index >= 15 is 0 Å². The van der Waals surface area contributed by atoms with E-state index in [4.69, 9.17) is 24.2 Å². The molecule has 2 aromatic rings. The van der Waals surface area contributed by atoms with E-state index in [0.717, 1.165) is 38.5 Å². The number of aromatic nitrogens is 2. The molecular weight excluding hydrogens is 803 g/mol. The molecule has 10 unspecified atom stereocenters. The zero-order valence-corrected chi connectivity index (χ0v) is 35.6. The molecule has 6 aliphatic rings. The molecule has 15 nitrogen and oxygen atoms in total. The molecule has 3 N–H and O–H groups in total. The molecule has 8 rings (SSSR count). The average Bonchev–Trinajstić information content (AvgIpc) is 4.12. The molecule has 328 valence electrons. The Morgan fingerprint density at radius 3 is 2.47 bits per heavy atom. The van der Waals surface area contributed by atoms with Crippen LogP contribution < -0.4 is 24.8 Å². The Morgan fingerprint density at radius 2 is 1.80 bits per heavy atom. The molecule has 1 aromatic heterocycles. The number of nitrogens with one attached hydrogen (secondary N) is 3. The minimum atomic E-state index is -4.15. The number of sulfonamides is 1. The number of hydrogen-bond acceptors (Lipinski definition) is 11. The number of benzene rings is 1. The molecular formula is C42H56F2N6O9S. The number of rotatable bonds is 8. The van der Waals surface area contributed by atoms with Crippen molar-refractivity contribution in [1.82, 2.24) is 30.2 Å². The summed E-state index contributed by atoms with van der Waals surface area (Å²) in [6, 6.07) is 2.76. The topological polar surface area (TPSA) is 195 Å². The normalized spacial score (nSPS) is 33.3. The standard InChI is InChI=1S/C42H56F2N6O9S/c1-6-24-32-20-50(33(24)36(51)48-42(19-27(42)35(43)44)39(53)49-60(55,56)23-13-14-23)38(52)34(41(2,3)4)47-40(54)59-31-17-21-16-26(21)25(31)10-8-7-9-11-29-37(58-32)46-30-18-22(57-5)12-15-28(30)45-29/h12,15,18,21,23-27,31-35H,6-11,13-14,16-17,19-20H2,1-5H3,(H,47,54)(H,48,51)(H,49,53). The van der Waals surface area contributed by atoms with Crippen LogP contribution in [0.3, 0.4) is 0 Å². The highest BCUT2D eigenvalue weighted by Crippen LogP contribution is 2.58. The largest absolute Gasteiger partial charge is 0.497 e. The van der Waals surface area contributed by atoms with E-state index in [0.29, 0.717) is 53.6 Å². The Labute approximate surface area is 348 Å². The molecule has 1 saturated heterocycles. The van der Waals surface area contributed by atoms with Crippen molar-refractivity contribution in [3.63, 3.8) is 0 Å². The maximum Gasteiger partial charge on any atom is 0.408 e. The third-order valence-corrected chi connectivity index (χ3v) is 15.5. The van der Waals surface area contributed by atoms with Gasteiger partial charge in [0.1, 0.15) is 41.3 Å². The predicted molar refractivity (Wildman–Crippen MR) is 213 cm³/mol. The smallest absolute Gasteiger partial charge is 0.408 e. The molecule has 0 radical (unpaired) electrons. The first-order chi connectivity index (χ1) is 28.4. The molecule has 0 spiro atoms. The zero-order valence-electron chi connectivity index (χ0n) is 34.7. The zero-order chi connectivity index (χ0) is 42.9. The Morgan fingerprint density at radius 1 is 1.03 bits per heavy atom.